The van der Waals surface area contributed by atoms with Crippen LogP contribution in [0.5, 0.6) is 5.88 Å². The van der Waals surface area contributed by atoms with Crippen molar-refractivity contribution in [3.8, 4) is 5.88 Å². The summed E-state index contributed by atoms with van der Waals surface area (Å²) < 4.78 is 11.5. The molecule has 0 saturated carbocycles. The van der Waals surface area contributed by atoms with Gasteiger partial charge in [-0.15, -0.1) is 0 Å². The second kappa shape index (κ2) is 9.69. The van der Waals surface area contributed by atoms with Crippen molar-refractivity contribution in [1.82, 2.24) is 19.2 Å². The molecule has 9 nitrogen and oxygen atoms in total. The van der Waals surface area contributed by atoms with E-state index >= 15 is 0 Å². The lowest BCUT2D eigenvalue weighted by molar-refractivity contribution is 0.0693. The van der Waals surface area contributed by atoms with Crippen molar-refractivity contribution < 1.29 is 19.4 Å². The summed E-state index contributed by atoms with van der Waals surface area (Å²) in [6.07, 6.45) is 5.95. The molecule has 3 N–H and O–H groups in total. The molecule has 0 fully saturated rings. The average molecular weight is 415 g/mol. The number of imidazole rings is 1. The van der Waals surface area contributed by atoms with Crippen LogP contribution in [0.2, 0.25) is 0 Å². The van der Waals surface area contributed by atoms with Crippen LogP contribution in [-0.2, 0) is 13.2 Å². The third-order valence-corrected chi connectivity index (χ3v) is 4.78. The van der Waals surface area contributed by atoms with Crippen molar-refractivity contribution in [2.75, 3.05) is 11.9 Å². The summed E-state index contributed by atoms with van der Waals surface area (Å²) in [6, 6.07) is 7.20. The molecule has 29 heavy (non-hydrogen) atoms. The summed E-state index contributed by atoms with van der Waals surface area (Å²) in [6.45, 7) is 3.32. The number of hydrogen-bond acceptors (Lipinski definition) is 6. The summed E-state index contributed by atoms with van der Waals surface area (Å²) in [7, 11) is 0. The minimum atomic E-state index is -1.21. The van der Waals surface area contributed by atoms with Gasteiger partial charge in [0.1, 0.15) is 11.6 Å². The number of nitrogens with zero attached hydrogens (tertiary/aromatic N) is 3. The number of carbonyl (C=O) groups excluding carboxylic acids is 1. The second-order valence-corrected chi connectivity index (χ2v) is 7.08. The Hall–Kier alpha value is -3.40. The molecule has 2 amide bonds. The Bertz CT molecular complexity index is 954. The maximum Gasteiger partial charge on any atom is 0.344 e. The highest BCUT2D eigenvalue weighted by Gasteiger charge is 2.23. The molecule has 0 bridgehead atoms. The summed E-state index contributed by atoms with van der Waals surface area (Å²) in [5.41, 5.74) is 1.86. The number of amides is 2. The largest absolute Gasteiger partial charge is 0.477 e. The Morgan fingerprint density at radius 3 is 2.76 bits per heavy atom. The predicted molar refractivity (Wildman–Crippen MR) is 108 cm³/mol. The van der Waals surface area contributed by atoms with Crippen LogP contribution in [-0.4, -0.2) is 37.6 Å². The fourth-order valence-electron chi connectivity index (χ4n) is 2.51. The highest BCUT2D eigenvalue weighted by molar-refractivity contribution is 7.11. The highest BCUT2D eigenvalue weighted by atomic mass is 32.1. The normalized spacial score (nSPS) is 10.5. The van der Waals surface area contributed by atoms with Gasteiger partial charge in [0.05, 0.1) is 6.33 Å². The summed E-state index contributed by atoms with van der Waals surface area (Å²) in [5.74, 6) is -1.23. The van der Waals surface area contributed by atoms with Gasteiger partial charge in [-0.3, -0.25) is 5.32 Å². The number of anilines is 1. The predicted octanol–water partition coefficient (Wildman–Crippen LogP) is 3.14. The molecule has 0 radical (unpaired) electrons. The molecule has 3 rings (SSSR count). The van der Waals surface area contributed by atoms with Crippen molar-refractivity contribution in [2.24, 2.45) is 0 Å². The van der Waals surface area contributed by atoms with Gasteiger partial charge in [-0.25, -0.2) is 14.6 Å². The zero-order chi connectivity index (χ0) is 20.6. The minimum Gasteiger partial charge on any atom is -0.477 e. The van der Waals surface area contributed by atoms with E-state index in [1.165, 1.54) is 0 Å². The van der Waals surface area contributed by atoms with E-state index in [9.17, 15) is 14.7 Å². The first kappa shape index (κ1) is 20.3. The molecule has 0 aliphatic rings. The number of aryl methyl sites for hydroxylation is 2. The Labute approximate surface area is 171 Å². The number of aromatic carboxylic acids is 1. The Kier molecular flexibility index (Phi) is 6.80. The number of hydrogen-bond donors (Lipinski definition) is 3. The quantitative estimate of drug-likeness (QED) is 0.462. The number of urea groups is 1. The second-order valence-electron chi connectivity index (χ2n) is 6.31. The van der Waals surface area contributed by atoms with Crippen molar-refractivity contribution >= 4 is 28.5 Å². The molecule has 0 saturated heterocycles. The molecule has 0 spiro atoms. The zero-order valence-corrected chi connectivity index (χ0v) is 16.6. The maximum absolute atomic E-state index is 12.1. The third-order valence-electron chi connectivity index (χ3n) is 4.04. The van der Waals surface area contributed by atoms with E-state index in [4.69, 9.17) is 4.74 Å². The van der Waals surface area contributed by atoms with E-state index in [0.717, 1.165) is 29.2 Å². The number of carboxylic acids is 1. The summed E-state index contributed by atoms with van der Waals surface area (Å²) >= 11 is 0.867. The van der Waals surface area contributed by atoms with Crippen molar-refractivity contribution in [1.29, 1.82) is 0 Å². The fraction of sp³-hybridized carbons (Fsp3) is 0.263. The first-order valence-corrected chi connectivity index (χ1v) is 9.72. The van der Waals surface area contributed by atoms with Gasteiger partial charge < -0.3 is 19.7 Å². The molecule has 152 valence electrons. The summed E-state index contributed by atoms with van der Waals surface area (Å²) in [5, 5.41) is 14.9. The molecule has 0 unspecified atom stereocenters. The molecule has 0 atom stereocenters. The number of carboxylic acid groups (broad SMARTS) is 1. The van der Waals surface area contributed by atoms with E-state index in [0.29, 0.717) is 13.0 Å². The number of benzene rings is 1. The first-order valence-electron chi connectivity index (χ1n) is 8.95. The lowest BCUT2D eigenvalue weighted by atomic mass is 10.2. The van der Waals surface area contributed by atoms with Gasteiger partial charge in [-0.05, 0) is 30.4 Å². The smallest absolute Gasteiger partial charge is 0.344 e. The van der Waals surface area contributed by atoms with Gasteiger partial charge in [0, 0.05) is 25.5 Å². The Morgan fingerprint density at radius 2 is 2.07 bits per heavy atom. The van der Waals surface area contributed by atoms with Crippen LogP contribution in [0.4, 0.5) is 9.80 Å². The molecule has 2 aromatic heterocycles. The Morgan fingerprint density at radius 1 is 1.28 bits per heavy atom. The van der Waals surface area contributed by atoms with E-state index in [1.54, 1.807) is 12.5 Å². The SMILES string of the molecule is Cc1ccc(COc2nsc(NC(=O)NCCCn3ccnc3)c2C(=O)O)cc1. The average Bonchev–Trinajstić information content (AvgIpc) is 3.34. The van der Waals surface area contributed by atoms with Crippen molar-refractivity contribution in [3.05, 3.63) is 59.7 Å². The van der Waals surface area contributed by atoms with E-state index in [-0.39, 0.29) is 23.1 Å². The van der Waals surface area contributed by atoms with Gasteiger partial charge in [0.2, 0.25) is 5.88 Å². The van der Waals surface area contributed by atoms with Crippen LogP contribution >= 0.6 is 11.5 Å². The van der Waals surface area contributed by atoms with Gasteiger partial charge in [-0.2, -0.15) is 4.37 Å². The minimum absolute atomic E-state index is 0.0153. The lowest BCUT2D eigenvalue weighted by Gasteiger charge is -2.08. The monoisotopic (exact) mass is 415 g/mol. The van der Waals surface area contributed by atoms with Gasteiger partial charge in [0.15, 0.2) is 5.56 Å². The van der Waals surface area contributed by atoms with Crippen LogP contribution in [0.3, 0.4) is 0 Å². The van der Waals surface area contributed by atoms with E-state index in [1.807, 2.05) is 42.0 Å². The molecule has 1 aromatic carbocycles. The van der Waals surface area contributed by atoms with Gasteiger partial charge in [-0.1, -0.05) is 29.8 Å². The third kappa shape index (κ3) is 5.79. The number of carbonyl (C=O) groups is 2. The van der Waals surface area contributed by atoms with Crippen LogP contribution in [0.15, 0.2) is 43.0 Å². The Balaban J connectivity index is 1.53. The molecular weight excluding hydrogens is 394 g/mol. The first-order chi connectivity index (χ1) is 14.0. The lowest BCUT2D eigenvalue weighted by Crippen LogP contribution is -2.30. The van der Waals surface area contributed by atoms with Gasteiger partial charge in [0.25, 0.3) is 0 Å². The molecular formula is C19H21N5O4S. The van der Waals surface area contributed by atoms with Crippen molar-refractivity contribution in [2.45, 2.75) is 26.5 Å². The zero-order valence-electron chi connectivity index (χ0n) is 15.8. The molecule has 3 aromatic rings. The van der Waals surface area contributed by atoms with E-state index in [2.05, 4.69) is 20.0 Å². The molecule has 0 aliphatic carbocycles. The number of nitrogens with one attached hydrogen (secondary N) is 2. The highest BCUT2D eigenvalue weighted by Crippen LogP contribution is 2.31. The van der Waals surface area contributed by atoms with Crippen LogP contribution in [0.25, 0.3) is 0 Å². The maximum atomic E-state index is 12.1. The number of aromatic nitrogens is 3. The van der Waals surface area contributed by atoms with Crippen molar-refractivity contribution in [3.63, 3.8) is 0 Å². The van der Waals surface area contributed by atoms with Crippen LogP contribution in [0, 0.1) is 6.92 Å². The molecule has 10 heteroatoms. The fourth-order valence-corrected chi connectivity index (χ4v) is 3.24. The molecule has 2 heterocycles. The van der Waals surface area contributed by atoms with Crippen LogP contribution < -0.4 is 15.4 Å². The summed E-state index contributed by atoms with van der Waals surface area (Å²) in [4.78, 5) is 27.7. The topological polar surface area (TPSA) is 118 Å². The number of ether oxygens (including phenoxy) is 1. The molecule has 0 aliphatic heterocycles. The van der Waals surface area contributed by atoms with E-state index < -0.39 is 12.0 Å². The number of rotatable bonds is 9. The standard InChI is InChI=1S/C19H21N5O4S/c1-13-3-5-14(6-4-13)11-28-16-15(18(25)26)17(29-23-16)22-19(27)21-7-2-9-24-10-8-20-12-24/h3-6,8,10,12H,2,7,9,11H2,1H3,(H,25,26)(H2,21,22,27). The van der Waals surface area contributed by atoms with Crippen LogP contribution in [0.1, 0.15) is 27.9 Å². The van der Waals surface area contributed by atoms with Gasteiger partial charge >= 0.3 is 12.0 Å².